The summed E-state index contributed by atoms with van der Waals surface area (Å²) in [5.41, 5.74) is 0.692. The molecule has 2 N–H and O–H groups in total. The lowest BCUT2D eigenvalue weighted by Gasteiger charge is -2.31. The molecule has 0 aliphatic carbocycles. The minimum absolute atomic E-state index is 0.122. The number of rotatable bonds is 5. The largest absolute Gasteiger partial charge is 0.394 e. The molecule has 1 aromatic heterocycles. The summed E-state index contributed by atoms with van der Waals surface area (Å²) in [6.07, 6.45) is 1.74. The van der Waals surface area contributed by atoms with Crippen LogP contribution in [-0.2, 0) is 0 Å². The molecule has 4 heteroatoms. The number of nitrogens with zero attached hydrogens (tertiary/aromatic N) is 1. The SMILES string of the molecule is CCC(CC)(CO)Nc1ccc(Br)c(C)n1. The van der Waals surface area contributed by atoms with Gasteiger partial charge in [-0.3, -0.25) is 0 Å². The number of anilines is 1. The Balaban J connectivity index is 2.89. The third kappa shape index (κ3) is 2.95. The molecule has 0 aliphatic heterocycles. The average molecular weight is 287 g/mol. The number of aliphatic hydroxyl groups excluding tert-OH is 1. The highest BCUT2D eigenvalue weighted by Crippen LogP contribution is 2.23. The number of nitrogens with one attached hydrogen (secondary N) is 1. The molecule has 0 unspecified atom stereocenters. The van der Waals surface area contributed by atoms with E-state index in [0.29, 0.717) is 0 Å². The van der Waals surface area contributed by atoms with Gasteiger partial charge < -0.3 is 10.4 Å². The van der Waals surface area contributed by atoms with Gasteiger partial charge in [0.15, 0.2) is 0 Å². The smallest absolute Gasteiger partial charge is 0.126 e. The molecule has 1 aromatic rings. The average Bonchev–Trinajstić information content (AvgIpc) is 2.31. The second-order valence-corrected chi connectivity index (χ2v) is 4.89. The summed E-state index contributed by atoms with van der Waals surface area (Å²) < 4.78 is 1.00. The fourth-order valence-corrected chi connectivity index (χ4v) is 1.80. The lowest BCUT2D eigenvalue weighted by Crippen LogP contribution is -2.41. The van der Waals surface area contributed by atoms with Crippen molar-refractivity contribution >= 4 is 21.7 Å². The van der Waals surface area contributed by atoms with E-state index in [9.17, 15) is 5.11 Å². The Kier molecular flexibility index (Phi) is 4.74. The van der Waals surface area contributed by atoms with Crippen LogP contribution < -0.4 is 5.32 Å². The van der Waals surface area contributed by atoms with Gasteiger partial charge in [0.25, 0.3) is 0 Å². The predicted octanol–water partition coefficient (Wildman–Crippen LogP) is 3.12. The van der Waals surface area contributed by atoms with Crippen LogP contribution >= 0.6 is 15.9 Å². The molecule has 0 amide bonds. The summed E-state index contributed by atoms with van der Waals surface area (Å²) in [7, 11) is 0. The molecule has 0 bridgehead atoms. The van der Waals surface area contributed by atoms with Crippen molar-refractivity contribution in [2.24, 2.45) is 0 Å². The zero-order chi connectivity index (χ0) is 12.2. The minimum atomic E-state index is -0.257. The molecule has 0 aromatic carbocycles. The van der Waals surface area contributed by atoms with Crippen molar-refractivity contribution in [1.82, 2.24) is 4.98 Å². The lowest BCUT2D eigenvalue weighted by molar-refractivity contribution is 0.202. The van der Waals surface area contributed by atoms with E-state index in [1.807, 2.05) is 19.1 Å². The topological polar surface area (TPSA) is 45.1 Å². The Labute approximate surface area is 105 Å². The van der Waals surface area contributed by atoms with Crippen LogP contribution in [0.25, 0.3) is 0 Å². The highest BCUT2D eigenvalue weighted by atomic mass is 79.9. The number of halogens is 1. The first kappa shape index (κ1) is 13.5. The second-order valence-electron chi connectivity index (χ2n) is 4.03. The molecule has 0 fully saturated rings. The van der Waals surface area contributed by atoms with Gasteiger partial charge in [0.05, 0.1) is 17.8 Å². The summed E-state index contributed by atoms with van der Waals surface area (Å²) in [6, 6.07) is 3.89. The predicted molar refractivity (Wildman–Crippen MR) is 70.7 cm³/mol. The molecule has 0 atom stereocenters. The standard InChI is InChI=1S/C12H19BrN2O/c1-4-12(5-2,8-16)15-11-7-6-10(13)9(3)14-11/h6-7,16H,4-5,8H2,1-3H3,(H,14,15). The van der Waals surface area contributed by atoms with E-state index in [0.717, 1.165) is 28.8 Å². The van der Waals surface area contributed by atoms with Crippen molar-refractivity contribution < 1.29 is 5.11 Å². The second kappa shape index (κ2) is 5.64. The molecule has 1 rings (SSSR count). The van der Waals surface area contributed by atoms with E-state index in [-0.39, 0.29) is 12.1 Å². The monoisotopic (exact) mass is 286 g/mol. The van der Waals surface area contributed by atoms with E-state index in [1.165, 1.54) is 0 Å². The van der Waals surface area contributed by atoms with Gasteiger partial charge in [0.2, 0.25) is 0 Å². The van der Waals surface area contributed by atoms with E-state index in [4.69, 9.17) is 0 Å². The molecule has 90 valence electrons. The Morgan fingerprint density at radius 3 is 2.44 bits per heavy atom. The van der Waals surface area contributed by atoms with Crippen LogP contribution in [0.1, 0.15) is 32.4 Å². The first-order chi connectivity index (χ1) is 7.56. The van der Waals surface area contributed by atoms with Crippen molar-refractivity contribution in [2.75, 3.05) is 11.9 Å². The fraction of sp³-hybridized carbons (Fsp3) is 0.583. The van der Waals surface area contributed by atoms with Crippen LogP contribution in [0.4, 0.5) is 5.82 Å². The molecular weight excluding hydrogens is 268 g/mol. The van der Waals surface area contributed by atoms with Crippen LogP contribution in [0, 0.1) is 6.92 Å². The summed E-state index contributed by atoms with van der Waals surface area (Å²) in [5, 5.41) is 12.8. The van der Waals surface area contributed by atoms with E-state index in [1.54, 1.807) is 0 Å². The van der Waals surface area contributed by atoms with Crippen molar-refractivity contribution in [3.05, 3.63) is 22.3 Å². The number of pyridine rings is 1. The van der Waals surface area contributed by atoms with Gasteiger partial charge in [-0.2, -0.15) is 0 Å². The Morgan fingerprint density at radius 1 is 1.38 bits per heavy atom. The van der Waals surface area contributed by atoms with Crippen LogP contribution in [0.15, 0.2) is 16.6 Å². The van der Waals surface area contributed by atoms with Crippen molar-refractivity contribution in [3.8, 4) is 0 Å². The molecule has 3 nitrogen and oxygen atoms in total. The van der Waals surface area contributed by atoms with Crippen molar-refractivity contribution in [1.29, 1.82) is 0 Å². The minimum Gasteiger partial charge on any atom is -0.394 e. The molecule has 0 saturated heterocycles. The quantitative estimate of drug-likeness (QED) is 0.874. The van der Waals surface area contributed by atoms with Gasteiger partial charge >= 0.3 is 0 Å². The summed E-state index contributed by atoms with van der Waals surface area (Å²) in [5.74, 6) is 0.818. The molecule has 0 spiro atoms. The van der Waals surface area contributed by atoms with Gasteiger partial charge in [0, 0.05) is 4.47 Å². The van der Waals surface area contributed by atoms with Gasteiger partial charge in [0.1, 0.15) is 5.82 Å². The highest BCUT2D eigenvalue weighted by Gasteiger charge is 2.25. The Bertz CT molecular complexity index is 343. The molecule has 1 heterocycles. The maximum absolute atomic E-state index is 9.46. The lowest BCUT2D eigenvalue weighted by atomic mass is 9.94. The maximum Gasteiger partial charge on any atom is 0.126 e. The molecule has 16 heavy (non-hydrogen) atoms. The number of aromatic nitrogens is 1. The molecular formula is C12H19BrN2O. The normalized spacial score (nSPS) is 11.6. The van der Waals surface area contributed by atoms with Crippen LogP contribution in [0.3, 0.4) is 0 Å². The van der Waals surface area contributed by atoms with Crippen LogP contribution in [0.5, 0.6) is 0 Å². The summed E-state index contributed by atoms with van der Waals surface area (Å²) in [4.78, 5) is 4.43. The van der Waals surface area contributed by atoms with Crippen LogP contribution in [-0.4, -0.2) is 22.2 Å². The fourth-order valence-electron chi connectivity index (χ4n) is 1.58. The van der Waals surface area contributed by atoms with Crippen LogP contribution in [0.2, 0.25) is 0 Å². The number of hydrogen-bond donors (Lipinski definition) is 2. The third-order valence-electron chi connectivity index (χ3n) is 3.07. The zero-order valence-corrected chi connectivity index (χ0v) is 11.6. The van der Waals surface area contributed by atoms with E-state index >= 15 is 0 Å². The van der Waals surface area contributed by atoms with Gasteiger partial charge in [-0.25, -0.2) is 4.98 Å². The van der Waals surface area contributed by atoms with E-state index < -0.39 is 0 Å². The summed E-state index contributed by atoms with van der Waals surface area (Å²) in [6.45, 7) is 6.21. The highest BCUT2D eigenvalue weighted by molar-refractivity contribution is 9.10. The number of hydrogen-bond acceptors (Lipinski definition) is 3. The number of aliphatic hydroxyl groups is 1. The molecule has 0 radical (unpaired) electrons. The third-order valence-corrected chi connectivity index (χ3v) is 3.91. The molecule has 0 saturated carbocycles. The van der Waals surface area contributed by atoms with Crippen molar-refractivity contribution in [3.63, 3.8) is 0 Å². The van der Waals surface area contributed by atoms with Gasteiger partial charge in [-0.05, 0) is 47.8 Å². The first-order valence-electron chi connectivity index (χ1n) is 5.59. The van der Waals surface area contributed by atoms with Crippen molar-refractivity contribution in [2.45, 2.75) is 39.2 Å². The van der Waals surface area contributed by atoms with Gasteiger partial charge in [-0.1, -0.05) is 13.8 Å². The maximum atomic E-state index is 9.46. The number of aryl methyl sites for hydroxylation is 1. The zero-order valence-electron chi connectivity index (χ0n) is 10.0. The Hall–Kier alpha value is -0.610. The van der Waals surface area contributed by atoms with Gasteiger partial charge in [-0.15, -0.1) is 0 Å². The molecule has 0 aliphatic rings. The Morgan fingerprint density at radius 2 is 2.00 bits per heavy atom. The first-order valence-corrected chi connectivity index (χ1v) is 6.38. The summed E-state index contributed by atoms with van der Waals surface area (Å²) >= 11 is 3.42. The van der Waals surface area contributed by atoms with E-state index in [2.05, 4.69) is 40.1 Å².